The third-order valence-electron chi connectivity index (χ3n) is 1.53. The van der Waals surface area contributed by atoms with Crippen molar-refractivity contribution in [2.45, 2.75) is 6.92 Å². The first kappa shape index (κ1) is 9.48. The monoisotopic (exact) mass is 187 g/mol. The minimum absolute atomic E-state index is 0.379. The van der Waals surface area contributed by atoms with Gasteiger partial charge in [0.2, 0.25) is 6.08 Å². The molecule has 0 amide bonds. The second-order valence-electron chi connectivity index (χ2n) is 2.33. The maximum Gasteiger partial charge on any atom is 0.240 e. The summed E-state index contributed by atoms with van der Waals surface area (Å²) in [6.45, 7) is 1.12. The van der Waals surface area contributed by atoms with Crippen molar-refractivity contribution in [2.75, 3.05) is 0 Å². The number of hydrogen-bond acceptors (Lipinski definition) is 2. The third-order valence-corrected chi connectivity index (χ3v) is 1.53. The summed E-state index contributed by atoms with van der Waals surface area (Å²) in [5.74, 6) is -3.41. The van der Waals surface area contributed by atoms with Gasteiger partial charge < -0.3 is 0 Å². The number of halogens is 3. The van der Waals surface area contributed by atoms with Crippen LogP contribution >= 0.6 is 0 Å². The number of isocyanates is 1. The van der Waals surface area contributed by atoms with Gasteiger partial charge in [0.05, 0.1) is 0 Å². The van der Waals surface area contributed by atoms with Crippen LogP contribution < -0.4 is 0 Å². The lowest BCUT2D eigenvalue weighted by atomic mass is 10.2. The van der Waals surface area contributed by atoms with E-state index in [4.69, 9.17) is 0 Å². The van der Waals surface area contributed by atoms with Gasteiger partial charge in [-0.05, 0) is 6.92 Å². The Morgan fingerprint density at radius 3 is 2.46 bits per heavy atom. The summed E-state index contributed by atoms with van der Waals surface area (Å²) in [4.78, 5) is 12.5. The Hall–Kier alpha value is -1.61. The molecule has 13 heavy (non-hydrogen) atoms. The van der Waals surface area contributed by atoms with Crippen molar-refractivity contribution in [1.82, 2.24) is 0 Å². The maximum absolute atomic E-state index is 13.0. The Kier molecular flexibility index (Phi) is 2.49. The quantitative estimate of drug-likeness (QED) is 0.490. The van der Waals surface area contributed by atoms with Crippen LogP contribution in [-0.4, -0.2) is 6.08 Å². The highest BCUT2D eigenvalue weighted by molar-refractivity contribution is 5.52. The van der Waals surface area contributed by atoms with Gasteiger partial charge in [-0.15, -0.1) is 0 Å². The van der Waals surface area contributed by atoms with Gasteiger partial charge in [-0.1, -0.05) is 0 Å². The second kappa shape index (κ2) is 3.41. The van der Waals surface area contributed by atoms with E-state index in [2.05, 4.69) is 4.99 Å². The standard InChI is InChI=1S/C8H4F3NO/c1-4-5(9)2-6(10)8(7(4)11)12-3-13/h2H,1H3. The third kappa shape index (κ3) is 1.60. The van der Waals surface area contributed by atoms with E-state index < -0.39 is 23.1 Å². The topological polar surface area (TPSA) is 29.4 Å². The Morgan fingerprint density at radius 2 is 1.92 bits per heavy atom. The summed E-state index contributed by atoms with van der Waals surface area (Å²) in [5, 5.41) is 0. The number of hydrogen-bond donors (Lipinski definition) is 0. The van der Waals surface area contributed by atoms with Gasteiger partial charge in [-0.2, -0.15) is 4.99 Å². The number of benzene rings is 1. The molecule has 0 aliphatic heterocycles. The smallest absolute Gasteiger partial charge is 0.211 e. The zero-order chi connectivity index (χ0) is 10.0. The molecule has 0 atom stereocenters. The van der Waals surface area contributed by atoms with E-state index in [0.717, 1.165) is 13.0 Å². The molecule has 2 nitrogen and oxygen atoms in total. The van der Waals surface area contributed by atoms with Gasteiger partial charge in [0.1, 0.15) is 11.5 Å². The van der Waals surface area contributed by atoms with Gasteiger partial charge in [-0.25, -0.2) is 18.0 Å². The van der Waals surface area contributed by atoms with Gasteiger partial charge >= 0.3 is 0 Å². The molecule has 0 radical (unpaired) electrons. The first-order valence-electron chi connectivity index (χ1n) is 3.30. The fourth-order valence-electron chi connectivity index (χ4n) is 0.823. The van der Waals surface area contributed by atoms with Crippen LogP contribution in [0.3, 0.4) is 0 Å². The Labute approximate surface area is 71.7 Å². The van der Waals surface area contributed by atoms with E-state index in [-0.39, 0.29) is 5.56 Å². The van der Waals surface area contributed by atoms with E-state index in [1.54, 1.807) is 0 Å². The summed E-state index contributed by atoms with van der Waals surface area (Å²) in [7, 11) is 0. The lowest BCUT2D eigenvalue weighted by Gasteiger charge is -2.01. The van der Waals surface area contributed by atoms with Crippen LogP contribution in [0, 0.1) is 24.4 Å². The predicted molar refractivity (Wildman–Crippen MR) is 38.8 cm³/mol. The van der Waals surface area contributed by atoms with Crippen LogP contribution in [0.1, 0.15) is 5.56 Å². The number of rotatable bonds is 1. The molecule has 0 aliphatic rings. The van der Waals surface area contributed by atoms with E-state index in [0.29, 0.717) is 6.07 Å². The van der Waals surface area contributed by atoms with Crippen LogP contribution in [0.2, 0.25) is 0 Å². The molecular formula is C8H4F3NO. The lowest BCUT2D eigenvalue weighted by Crippen LogP contribution is -1.92. The highest BCUT2D eigenvalue weighted by Crippen LogP contribution is 2.26. The molecule has 0 saturated heterocycles. The molecule has 0 heterocycles. The van der Waals surface area contributed by atoms with Crippen LogP contribution in [0.25, 0.3) is 0 Å². The van der Waals surface area contributed by atoms with E-state index in [9.17, 15) is 18.0 Å². The maximum atomic E-state index is 13.0. The SMILES string of the molecule is Cc1c(F)cc(F)c(N=C=O)c1F. The van der Waals surface area contributed by atoms with Crippen molar-refractivity contribution >= 4 is 11.8 Å². The van der Waals surface area contributed by atoms with Gasteiger partial charge in [-0.3, -0.25) is 0 Å². The summed E-state index contributed by atoms with van der Waals surface area (Å²) in [5.41, 5.74) is -1.19. The molecule has 0 fully saturated rings. The molecule has 5 heteroatoms. The summed E-state index contributed by atoms with van der Waals surface area (Å²) in [6.07, 6.45) is 0.985. The van der Waals surface area contributed by atoms with E-state index in [1.807, 2.05) is 0 Å². The molecule has 0 aromatic heterocycles. The molecule has 1 rings (SSSR count). The molecule has 0 bridgehead atoms. The van der Waals surface area contributed by atoms with Crippen molar-refractivity contribution in [3.8, 4) is 0 Å². The van der Waals surface area contributed by atoms with E-state index in [1.165, 1.54) is 0 Å². The average molecular weight is 187 g/mol. The minimum Gasteiger partial charge on any atom is -0.211 e. The van der Waals surface area contributed by atoms with E-state index >= 15 is 0 Å². The van der Waals surface area contributed by atoms with Crippen LogP contribution in [0.5, 0.6) is 0 Å². The van der Waals surface area contributed by atoms with Crippen molar-refractivity contribution < 1.29 is 18.0 Å². The minimum atomic E-state index is -1.22. The summed E-state index contributed by atoms with van der Waals surface area (Å²) in [6, 6.07) is 0.467. The van der Waals surface area contributed by atoms with Gasteiger partial charge in [0.25, 0.3) is 0 Å². The number of carbonyl (C=O) groups excluding carboxylic acids is 1. The van der Waals surface area contributed by atoms with Crippen molar-refractivity contribution in [1.29, 1.82) is 0 Å². The van der Waals surface area contributed by atoms with Gasteiger partial charge in [0, 0.05) is 11.6 Å². The van der Waals surface area contributed by atoms with Crippen molar-refractivity contribution in [2.24, 2.45) is 4.99 Å². The van der Waals surface area contributed by atoms with Gasteiger partial charge in [0.15, 0.2) is 11.6 Å². The molecule has 1 aromatic carbocycles. The van der Waals surface area contributed by atoms with Crippen molar-refractivity contribution in [3.63, 3.8) is 0 Å². The zero-order valence-corrected chi connectivity index (χ0v) is 6.57. The first-order valence-corrected chi connectivity index (χ1v) is 3.30. The fourth-order valence-corrected chi connectivity index (χ4v) is 0.823. The Balaban J connectivity index is 3.52. The molecule has 1 aromatic rings. The Morgan fingerprint density at radius 1 is 1.31 bits per heavy atom. The molecule has 0 aliphatic carbocycles. The number of nitrogens with zero attached hydrogens (tertiary/aromatic N) is 1. The predicted octanol–water partition coefficient (Wildman–Crippen LogP) is 2.38. The molecule has 0 N–H and O–H groups in total. The molecular weight excluding hydrogens is 183 g/mol. The summed E-state index contributed by atoms with van der Waals surface area (Å²) < 4.78 is 38.3. The van der Waals surface area contributed by atoms with Crippen LogP contribution in [-0.2, 0) is 4.79 Å². The normalized spacial score (nSPS) is 9.54. The highest BCUT2D eigenvalue weighted by Gasteiger charge is 2.15. The Bertz CT molecular complexity index is 397. The molecule has 0 unspecified atom stereocenters. The fraction of sp³-hybridized carbons (Fsp3) is 0.125. The molecule has 0 spiro atoms. The first-order chi connectivity index (χ1) is 6.07. The van der Waals surface area contributed by atoms with Crippen molar-refractivity contribution in [3.05, 3.63) is 29.1 Å². The number of aliphatic imine (C=N–C) groups is 1. The largest absolute Gasteiger partial charge is 0.240 e. The summed E-state index contributed by atoms with van der Waals surface area (Å²) >= 11 is 0. The molecule has 0 saturated carbocycles. The zero-order valence-electron chi connectivity index (χ0n) is 6.57. The second-order valence-corrected chi connectivity index (χ2v) is 2.33. The molecule has 68 valence electrons. The van der Waals surface area contributed by atoms with Crippen LogP contribution in [0.4, 0.5) is 18.9 Å². The lowest BCUT2D eigenvalue weighted by molar-refractivity contribution is 0.533. The average Bonchev–Trinajstić information content (AvgIpc) is 2.09. The highest BCUT2D eigenvalue weighted by atomic mass is 19.1. The van der Waals surface area contributed by atoms with Crippen LogP contribution in [0.15, 0.2) is 11.1 Å².